The molecular formula is C20H22N4O2S. The van der Waals surface area contributed by atoms with Crippen molar-refractivity contribution in [2.75, 3.05) is 11.1 Å². The molecule has 0 fully saturated rings. The molecule has 3 aromatic rings. The number of aromatic nitrogens is 3. The van der Waals surface area contributed by atoms with E-state index in [1.165, 1.54) is 11.8 Å². The Morgan fingerprint density at radius 3 is 2.63 bits per heavy atom. The van der Waals surface area contributed by atoms with Crippen molar-refractivity contribution in [1.29, 1.82) is 0 Å². The first kappa shape index (κ1) is 19.0. The van der Waals surface area contributed by atoms with E-state index >= 15 is 0 Å². The maximum absolute atomic E-state index is 12.3. The topological polar surface area (TPSA) is 73.0 Å². The van der Waals surface area contributed by atoms with Gasteiger partial charge >= 0.3 is 0 Å². The SMILES string of the molecule is C=CCn1c(SCC(=O)Nc2cc(C)cc(C)c2)nnc1-c1ccoc1C. The number of anilines is 1. The van der Waals surface area contributed by atoms with E-state index < -0.39 is 0 Å². The fraction of sp³-hybridized carbons (Fsp3) is 0.250. The lowest BCUT2D eigenvalue weighted by Crippen LogP contribution is -2.15. The van der Waals surface area contributed by atoms with Gasteiger partial charge in [0.25, 0.3) is 0 Å². The first-order valence-electron chi connectivity index (χ1n) is 8.57. The van der Waals surface area contributed by atoms with E-state index in [0.717, 1.165) is 28.1 Å². The summed E-state index contributed by atoms with van der Waals surface area (Å²) in [7, 11) is 0. The number of benzene rings is 1. The average molecular weight is 382 g/mol. The molecule has 0 aliphatic rings. The molecule has 1 amide bonds. The maximum Gasteiger partial charge on any atom is 0.234 e. The number of furan rings is 1. The van der Waals surface area contributed by atoms with Crippen LogP contribution in [0.2, 0.25) is 0 Å². The Bertz CT molecular complexity index is 954. The summed E-state index contributed by atoms with van der Waals surface area (Å²) in [5.41, 5.74) is 3.92. The Kier molecular flexibility index (Phi) is 5.81. The first-order chi connectivity index (χ1) is 13.0. The number of rotatable bonds is 7. The molecule has 2 aromatic heterocycles. The summed E-state index contributed by atoms with van der Waals surface area (Å²) in [5.74, 6) is 1.64. The lowest BCUT2D eigenvalue weighted by Gasteiger charge is -2.09. The van der Waals surface area contributed by atoms with Gasteiger partial charge in [-0.05, 0) is 50.1 Å². The predicted octanol–water partition coefficient (Wildman–Crippen LogP) is 4.38. The minimum atomic E-state index is -0.0841. The normalized spacial score (nSPS) is 10.8. The van der Waals surface area contributed by atoms with Gasteiger partial charge < -0.3 is 9.73 Å². The molecule has 0 bridgehead atoms. The van der Waals surface area contributed by atoms with Crippen LogP contribution in [0.5, 0.6) is 0 Å². The van der Waals surface area contributed by atoms with Gasteiger partial charge in [-0.3, -0.25) is 9.36 Å². The second-order valence-electron chi connectivity index (χ2n) is 6.31. The molecule has 27 heavy (non-hydrogen) atoms. The molecule has 0 aliphatic carbocycles. The van der Waals surface area contributed by atoms with Gasteiger partial charge in [-0.25, -0.2) is 0 Å². The van der Waals surface area contributed by atoms with Crippen LogP contribution in [0.25, 0.3) is 11.4 Å². The van der Waals surface area contributed by atoms with Crippen LogP contribution in [0.3, 0.4) is 0 Å². The number of carbonyl (C=O) groups is 1. The van der Waals surface area contributed by atoms with Crippen LogP contribution in [0.15, 0.2) is 52.8 Å². The molecule has 2 heterocycles. The Morgan fingerprint density at radius 2 is 2.00 bits per heavy atom. The van der Waals surface area contributed by atoms with Gasteiger partial charge in [-0.1, -0.05) is 23.9 Å². The highest BCUT2D eigenvalue weighted by molar-refractivity contribution is 7.99. The van der Waals surface area contributed by atoms with Crippen LogP contribution < -0.4 is 5.32 Å². The predicted molar refractivity (Wildman–Crippen MR) is 108 cm³/mol. The molecule has 3 rings (SSSR count). The molecule has 0 saturated heterocycles. The number of nitrogens with one attached hydrogen (secondary N) is 1. The van der Waals surface area contributed by atoms with E-state index in [4.69, 9.17) is 4.42 Å². The van der Waals surface area contributed by atoms with Crippen molar-refractivity contribution in [3.05, 3.63) is 60.1 Å². The summed E-state index contributed by atoms with van der Waals surface area (Å²) in [5, 5.41) is 12.1. The number of hydrogen-bond donors (Lipinski definition) is 1. The monoisotopic (exact) mass is 382 g/mol. The lowest BCUT2D eigenvalue weighted by molar-refractivity contribution is -0.113. The fourth-order valence-corrected chi connectivity index (χ4v) is 3.63. The van der Waals surface area contributed by atoms with Crippen LogP contribution in [0, 0.1) is 20.8 Å². The minimum absolute atomic E-state index is 0.0841. The summed E-state index contributed by atoms with van der Waals surface area (Å²) >= 11 is 1.35. The van der Waals surface area contributed by atoms with E-state index in [1.54, 1.807) is 12.3 Å². The van der Waals surface area contributed by atoms with E-state index in [1.807, 2.05) is 43.5 Å². The van der Waals surface area contributed by atoms with E-state index in [9.17, 15) is 4.79 Å². The Balaban J connectivity index is 1.72. The number of amides is 1. The molecule has 1 aromatic carbocycles. The van der Waals surface area contributed by atoms with Crippen molar-refractivity contribution < 1.29 is 9.21 Å². The van der Waals surface area contributed by atoms with E-state index in [0.29, 0.717) is 17.5 Å². The van der Waals surface area contributed by atoms with Crippen molar-refractivity contribution in [3.8, 4) is 11.4 Å². The molecule has 0 spiro atoms. The van der Waals surface area contributed by atoms with Gasteiger partial charge in [0.05, 0.1) is 17.6 Å². The Hall–Kier alpha value is -2.80. The Morgan fingerprint density at radius 1 is 1.26 bits per heavy atom. The average Bonchev–Trinajstić information content (AvgIpc) is 3.18. The number of allylic oxidation sites excluding steroid dienone is 1. The van der Waals surface area contributed by atoms with E-state index in [2.05, 4.69) is 28.2 Å². The zero-order valence-corrected chi connectivity index (χ0v) is 16.5. The number of hydrogen-bond acceptors (Lipinski definition) is 5. The summed E-state index contributed by atoms with van der Waals surface area (Å²) in [6.45, 7) is 10.2. The summed E-state index contributed by atoms with van der Waals surface area (Å²) in [6.07, 6.45) is 3.41. The molecule has 0 saturated carbocycles. The van der Waals surface area contributed by atoms with Crippen LogP contribution in [0.4, 0.5) is 5.69 Å². The smallest absolute Gasteiger partial charge is 0.234 e. The second kappa shape index (κ2) is 8.26. The molecule has 0 radical (unpaired) electrons. The summed E-state index contributed by atoms with van der Waals surface area (Å²) < 4.78 is 7.30. The van der Waals surface area contributed by atoms with Crippen LogP contribution in [-0.2, 0) is 11.3 Å². The molecule has 7 heteroatoms. The molecule has 6 nitrogen and oxygen atoms in total. The number of aryl methyl sites for hydroxylation is 3. The molecule has 0 unspecified atom stereocenters. The third-order valence-electron chi connectivity index (χ3n) is 3.97. The maximum atomic E-state index is 12.3. The second-order valence-corrected chi connectivity index (χ2v) is 7.25. The highest BCUT2D eigenvalue weighted by Gasteiger charge is 2.17. The zero-order chi connectivity index (χ0) is 19.4. The van der Waals surface area contributed by atoms with Gasteiger partial charge in [-0.2, -0.15) is 0 Å². The van der Waals surface area contributed by atoms with Gasteiger partial charge in [0.1, 0.15) is 5.76 Å². The number of nitrogens with zero attached hydrogens (tertiary/aromatic N) is 3. The standard InChI is InChI=1S/C20H22N4O2S/c1-5-7-24-19(17-6-8-26-15(17)4)22-23-20(24)27-12-18(25)21-16-10-13(2)9-14(3)11-16/h5-6,8-11H,1,7,12H2,2-4H3,(H,21,25). The molecular weight excluding hydrogens is 360 g/mol. The largest absolute Gasteiger partial charge is 0.469 e. The Labute approximate surface area is 162 Å². The van der Waals surface area contributed by atoms with Crippen molar-refractivity contribution in [2.24, 2.45) is 0 Å². The highest BCUT2D eigenvalue weighted by Crippen LogP contribution is 2.27. The quantitative estimate of drug-likeness (QED) is 0.485. The van der Waals surface area contributed by atoms with Gasteiger partial charge in [0.15, 0.2) is 11.0 Å². The summed E-state index contributed by atoms with van der Waals surface area (Å²) in [4.78, 5) is 12.3. The highest BCUT2D eigenvalue weighted by atomic mass is 32.2. The zero-order valence-electron chi connectivity index (χ0n) is 15.7. The first-order valence-corrected chi connectivity index (χ1v) is 9.56. The third kappa shape index (κ3) is 4.49. The third-order valence-corrected chi connectivity index (χ3v) is 4.93. The fourth-order valence-electron chi connectivity index (χ4n) is 2.88. The van der Waals surface area contributed by atoms with Gasteiger partial charge in [-0.15, -0.1) is 16.8 Å². The number of thioether (sulfide) groups is 1. The van der Waals surface area contributed by atoms with Crippen LogP contribution in [-0.4, -0.2) is 26.4 Å². The van der Waals surface area contributed by atoms with Crippen LogP contribution >= 0.6 is 11.8 Å². The van der Waals surface area contributed by atoms with Crippen molar-refractivity contribution in [1.82, 2.24) is 14.8 Å². The van der Waals surface area contributed by atoms with Crippen molar-refractivity contribution in [3.63, 3.8) is 0 Å². The van der Waals surface area contributed by atoms with Gasteiger partial charge in [0, 0.05) is 12.2 Å². The molecule has 140 valence electrons. The molecule has 0 aliphatic heterocycles. The number of carbonyl (C=O) groups excluding carboxylic acids is 1. The summed E-state index contributed by atoms with van der Waals surface area (Å²) in [6, 6.07) is 7.84. The van der Waals surface area contributed by atoms with Crippen LogP contribution in [0.1, 0.15) is 16.9 Å². The van der Waals surface area contributed by atoms with Crippen molar-refractivity contribution >= 4 is 23.4 Å². The minimum Gasteiger partial charge on any atom is -0.469 e. The van der Waals surface area contributed by atoms with E-state index in [-0.39, 0.29) is 11.7 Å². The van der Waals surface area contributed by atoms with Gasteiger partial charge in [0.2, 0.25) is 5.91 Å². The molecule has 0 atom stereocenters. The lowest BCUT2D eigenvalue weighted by atomic mass is 10.1. The molecule has 1 N–H and O–H groups in total. The van der Waals surface area contributed by atoms with Crippen molar-refractivity contribution in [2.45, 2.75) is 32.5 Å².